The van der Waals surface area contributed by atoms with Crippen LogP contribution in [0.4, 0.5) is 10.5 Å². The lowest BCUT2D eigenvalue weighted by atomic mass is 10.1. The molecule has 2 amide bonds. The predicted molar refractivity (Wildman–Crippen MR) is 82.7 cm³/mol. The Morgan fingerprint density at radius 3 is 2.68 bits per heavy atom. The van der Waals surface area contributed by atoms with Crippen molar-refractivity contribution in [3.8, 4) is 0 Å². The highest BCUT2D eigenvalue weighted by atomic mass is 127. The number of amides is 2. The first-order chi connectivity index (χ1) is 8.92. The molecular weight excluding hydrogens is 382 g/mol. The fourth-order valence-corrected chi connectivity index (χ4v) is 2.35. The molecule has 1 rings (SSSR count). The highest BCUT2D eigenvalue weighted by molar-refractivity contribution is 14.1. The number of anilines is 1. The lowest BCUT2D eigenvalue weighted by molar-refractivity contribution is -0.137. The van der Waals surface area contributed by atoms with Gasteiger partial charge in [-0.2, -0.15) is 0 Å². The van der Waals surface area contributed by atoms with E-state index in [1.807, 2.05) is 13.0 Å². The fourth-order valence-electron chi connectivity index (χ4n) is 1.44. The van der Waals surface area contributed by atoms with Gasteiger partial charge in [0.25, 0.3) is 0 Å². The molecule has 0 aliphatic carbocycles. The number of carbonyl (C=O) groups is 2. The Balaban J connectivity index is 2.61. The van der Waals surface area contributed by atoms with E-state index in [0.29, 0.717) is 17.1 Å². The highest BCUT2D eigenvalue weighted by Crippen LogP contribution is 2.23. The molecule has 1 aromatic carbocycles. The van der Waals surface area contributed by atoms with Crippen molar-refractivity contribution in [3.05, 3.63) is 26.8 Å². The number of hydrogen-bond donors (Lipinski definition) is 3. The van der Waals surface area contributed by atoms with Crippen molar-refractivity contribution in [2.45, 2.75) is 25.8 Å². The van der Waals surface area contributed by atoms with E-state index in [9.17, 15) is 9.59 Å². The molecule has 5 nitrogen and oxygen atoms in total. The van der Waals surface area contributed by atoms with Crippen molar-refractivity contribution in [3.63, 3.8) is 0 Å². The van der Waals surface area contributed by atoms with Crippen molar-refractivity contribution in [1.82, 2.24) is 5.32 Å². The van der Waals surface area contributed by atoms with E-state index >= 15 is 0 Å². The number of aliphatic carboxylic acids is 1. The molecule has 3 N–H and O–H groups in total. The molecule has 0 fully saturated rings. The summed E-state index contributed by atoms with van der Waals surface area (Å²) in [7, 11) is 0. The SMILES string of the molecule is CCC(CC(=O)O)NC(=O)Nc1ccc(I)cc1Cl. The van der Waals surface area contributed by atoms with Crippen LogP contribution in [0.2, 0.25) is 5.02 Å². The molecule has 0 radical (unpaired) electrons. The monoisotopic (exact) mass is 396 g/mol. The minimum absolute atomic E-state index is 0.107. The molecule has 0 heterocycles. The Bertz CT molecular complexity index is 482. The zero-order valence-electron chi connectivity index (χ0n) is 10.2. The zero-order chi connectivity index (χ0) is 14.4. The number of hydrogen-bond acceptors (Lipinski definition) is 2. The third-order valence-electron chi connectivity index (χ3n) is 2.43. The maximum atomic E-state index is 11.7. The molecule has 0 saturated heterocycles. The van der Waals surface area contributed by atoms with E-state index in [1.165, 1.54) is 0 Å². The van der Waals surface area contributed by atoms with Gasteiger partial charge in [0.1, 0.15) is 0 Å². The Morgan fingerprint density at radius 2 is 2.16 bits per heavy atom. The Hall–Kier alpha value is -1.02. The number of halogens is 2. The molecule has 0 aliphatic rings. The van der Waals surface area contributed by atoms with Gasteiger partial charge in [-0.1, -0.05) is 18.5 Å². The van der Waals surface area contributed by atoms with Crippen molar-refractivity contribution in [2.75, 3.05) is 5.32 Å². The molecular formula is C12H14ClIN2O3. The summed E-state index contributed by atoms with van der Waals surface area (Å²) < 4.78 is 0.964. The molecule has 1 atom stereocenters. The summed E-state index contributed by atoms with van der Waals surface area (Å²) in [6.45, 7) is 1.81. The van der Waals surface area contributed by atoms with E-state index in [2.05, 4.69) is 33.2 Å². The molecule has 1 aromatic rings. The topological polar surface area (TPSA) is 78.4 Å². The van der Waals surface area contributed by atoms with Gasteiger partial charge >= 0.3 is 12.0 Å². The molecule has 0 bridgehead atoms. The van der Waals surface area contributed by atoms with Crippen LogP contribution in [-0.4, -0.2) is 23.1 Å². The standard InChI is InChI=1S/C12H14ClIN2O3/c1-2-8(6-11(17)18)15-12(19)16-10-4-3-7(14)5-9(10)13/h3-5,8H,2,6H2,1H3,(H,17,18)(H2,15,16,19). The molecule has 0 aliphatic heterocycles. The Labute approximate surface area is 129 Å². The molecule has 0 aromatic heterocycles. The summed E-state index contributed by atoms with van der Waals surface area (Å²) in [6.07, 6.45) is 0.435. The van der Waals surface area contributed by atoms with Gasteiger partial charge in [-0.05, 0) is 47.2 Å². The molecule has 7 heteroatoms. The van der Waals surface area contributed by atoms with Crippen molar-refractivity contribution in [2.24, 2.45) is 0 Å². The number of benzene rings is 1. The smallest absolute Gasteiger partial charge is 0.319 e. The predicted octanol–water partition coefficient (Wildman–Crippen LogP) is 3.32. The first-order valence-electron chi connectivity index (χ1n) is 5.66. The van der Waals surface area contributed by atoms with Crippen LogP contribution in [0.15, 0.2) is 18.2 Å². The fraction of sp³-hybridized carbons (Fsp3) is 0.333. The van der Waals surface area contributed by atoms with Crippen molar-refractivity contribution < 1.29 is 14.7 Å². The Kier molecular flexibility index (Phi) is 6.36. The molecule has 0 saturated carbocycles. The Morgan fingerprint density at radius 1 is 1.47 bits per heavy atom. The van der Waals surface area contributed by atoms with Gasteiger partial charge in [0, 0.05) is 9.61 Å². The molecule has 0 spiro atoms. The highest BCUT2D eigenvalue weighted by Gasteiger charge is 2.14. The van der Waals surface area contributed by atoms with Crippen LogP contribution in [0.1, 0.15) is 19.8 Å². The summed E-state index contributed by atoms with van der Waals surface area (Å²) >= 11 is 8.10. The molecule has 1 unspecified atom stereocenters. The minimum atomic E-state index is -0.945. The first-order valence-corrected chi connectivity index (χ1v) is 7.12. The summed E-state index contributed by atoms with van der Waals surface area (Å²) in [4.78, 5) is 22.3. The molecule has 104 valence electrons. The van der Waals surface area contributed by atoms with Crippen LogP contribution in [0, 0.1) is 3.57 Å². The van der Waals surface area contributed by atoms with Gasteiger partial charge in [-0.3, -0.25) is 4.79 Å². The van der Waals surface area contributed by atoms with Gasteiger partial charge in [-0.25, -0.2) is 4.79 Å². The second-order valence-corrected chi connectivity index (χ2v) is 5.58. The zero-order valence-corrected chi connectivity index (χ0v) is 13.2. The van der Waals surface area contributed by atoms with Gasteiger partial charge in [0.15, 0.2) is 0 Å². The van der Waals surface area contributed by atoms with Crippen LogP contribution >= 0.6 is 34.2 Å². The van der Waals surface area contributed by atoms with Gasteiger partial charge in [0.05, 0.1) is 17.1 Å². The number of nitrogens with one attached hydrogen (secondary N) is 2. The number of carboxylic acids is 1. The van der Waals surface area contributed by atoms with Gasteiger partial charge in [-0.15, -0.1) is 0 Å². The summed E-state index contributed by atoms with van der Waals surface area (Å²) in [5, 5.41) is 14.3. The minimum Gasteiger partial charge on any atom is -0.481 e. The van der Waals surface area contributed by atoms with Crippen LogP contribution < -0.4 is 10.6 Å². The number of rotatable bonds is 5. The molecule has 19 heavy (non-hydrogen) atoms. The summed E-state index contributed by atoms with van der Waals surface area (Å²) in [5.74, 6) is -0.945. The maximum absolute atomic E-state index is 11.7. The van der Waals surface area contributed by atoms with E-state index in [4.69, 9.17) is 16.7 Å². The number of urea groups is 1. The summed E-state index contributed by atoms with van der Waals surface area (Å²) in [6, 6.07) is 4.38. The lowest BCUT2D eigenvalue weighted by Crippen LogP contribution is -2.38. The van der Waals surface area contributed by atoms with Crippen LogP contribution in [-0.2, 0) is 4.79 Å². The van der Waals surface area contributed by atoms with Gasteiger partial charge in [0.2, 0.25) is 0 Å². The average molecular weight is 397 g/mol. The third-order valence-corrected chi connectivity index (χ3v) is 3.41. The van der Waals surface area contributed by atoms with Crippen LogP contribution in [0.25, 0.3) is 0 Å². The maximum Gasteiger partial charge on any atom is 0.319 e. The van der Waals surface area contributed by atoms with Crippen LogP contribution in [0.3, 0.4) is 0 Å². The van der Waals surface area contributed by atoms with Crippen LogP contribution in [0.5, 0.6) is 0 Å². The van der Waals surface area contributed by atoms with E-state index in [-0.39, 0.29) is 6.42 Å². The first kappa shape index (κ1) is 16.0. The average Bonchev–Trinajstić information content (AvgIpc) is 2.31. The van der Waals surface area contributed by atoms with E-state index in [0.717, 1.165) is 3.57 Å². The second kappa shape index (κ2) is 7.54. The quantitative estimate of drug-likeness (QED) is 0.668. The lowest BCUT2D eigenvalue weighted by Gasteiger charge is -2.16. The normalized spacial score (nSPS) is 11.7. The largest absolute Gasteiger partial charge is 0.481 e. The number of carboxylic acid groups (broad SMARTS) is 1. The second-order valence-electron chi connectivity index (χ2n) is 3.93. The third kappa shape index (κ3) is 5.65. The van der Waals surface area contributed by atoms with Crippen molar-refractivity contribution in [1.29, 1.82) is 0 Å². The van der Waals surface area contributed by atoms with Crippen molar-refractivity contribution >= 4 is 51.9 Å². The van der Waals surface area contributed by atoms with E-state index in [1.54, 1.807) is 12.1 Å². The summed E-state index contributed by atoms with van der Waals surface area (Å²) in [5.41, 5.74) is 0.491. The van der Waals surface area contributed by atoms with Gasteiger partial charge < -0.3 is 15.7 Å². The van der Waals surface area contributed by atoms with E-state index < -0.39 is 18.0 Å². The number of carbonyl (C=O) groups excluding carboxylic acids is 1.